The second kappa shape index (κ2) is 13.2. The van der Waals surface area contributed by atoms with Crippen LogP contribution in [0.4, 0.5) is 0 Å². The van der Waals surface area contributed by atoms with E-state index < -0.39 is 0 Å². The van der Waals surface area contributed by atoms with Gasteiger partial charge in [-0.05, 0) is 98.4 Å². The second-order valence-corrected chi connectivity index (χ2v) is 19.2. The predicted molar refractivity (Wildman–Crippen MR) is 294 cm³/mol. The van der Waals surface area contributed by atoms with Gasteiger partial charge >= 0.3 is 0 Å². The number of hydrogen-bond acceptors (Lipinski definition) is 2. The normalized spacial score (nSPS) is 12.6. The molecule has 0 saturated carbocycles. The molecule has 4 heteroatoms. The molecule has 12 aromatic carbocycles. The molecule has 0 saturated heterocycles. The summed E-state index contributed by atoms with van der Waals surface area (Å²) in [5.74, 6) is 0. The molecule has 17 rings (SSSR count). The summed E-state index contributed by atoms with van der Waals surface area (Å²) in [5.41, 5.74) is 20.4. The van der Waals surface area contributed by atoms with Gasteiger partial charge in [-0.3, -0.25) is 0 Å². The SMILES string of the molecule is c1ccc(-c2ccc3c(c2)c2cc(-c4ccccc4)cc4c5c6nc7c8cccc9cccc(c7nc6c6c7cc(-c%10ccccc%10)cc%10c%11cc(-c%12ccccc%12)ccc%11n(c%107)c6c5n3c24)c98)cc1. The second-order valence-electron chi connectivity index (χ2n) is 19.2. The fraction of sp³-hybridized carbons (Fsp3) is 0. The summed E-state index contributed by atoms with van der Waals surface area (Å²) < 4.78 is 5.17. The average molecular weight is 885 g/mol. The van der Waals surface area contributed by atoms with E-state index in [1.165, 1.54) is 110 Å². The van der Waals surface area contributed by atoms with E-state index in [1.807, 2.05) is 0 Å². The molecule has 0 atom stereocenters. The summed E-state index contributed by atoms with van der Waals surface area (Å²) in [6.45, 7) is 0. The Balaban J connectivity index is 1.16. The van der Waals surface area contributed by atoms with E-state index in [1.54, 1.807) is 0 Å². The zero-order valence-electron chi connectivity index (χ0n) is 37.6. The molecule has 0 aliphatic rings. The highest BCUT2D eigenvalue weighted by atomic mass is 15.0. The van der Waals surface area contributed by atoms with Crippen LogP contribution in [0.5, 0.6) is 0 Å². The average Bonchev–Trinajstić information content (AvgIpc) is 4.23. The molecule has 5 aromatic heterocycles. The van der Waals surface area contributed by atoms with E-state index >= 15 is 0 Å². The number of rotatable bonds is 4. The highest BCUT2D eigenvalue weighted by Gasteiger charge is 2.30. The molecule has 0 N–H and O–H groups in total. The van der Waals surface area contributed by atoms with Crippen molar-refractivity contribution in [1.29, 1.82) is 0 Å². The number of hydrogen-bond donors (Lipinski definition) is 0. The van der Waals surface area contributed by atoms with Crippen LogP contribution in [0.25, 0.3) is 164 Å². The molecule has 17 aromatic rings. The third-order valence-electron chi connectivity index (χ3n) is 15.6. The van der Waals surface area contributed by atoms with Crippen LogP contribution in [0.2, 0.25) is 0 Å². The van der Waals surface area contributed by atoms with Gasteiger partial charge in [0, 0.05) is 59.2 Å². The van der Waals surface area contributed by atoms with Crippen molar-refractivity contribution in [2.75, 3.05) is 0 Å². The Morgan fingerprint density at radius 1 is 0.229 bits per heavy atom. The summed E-state index contributed by atoms with van der Waals surface area (Å²) in [5, 5.41) is 14.3. The Bertz CT molecular complexity index is 4700. The zero-order valence-corrected chi connectivity index (χ0v) is 37.6. The molecule has 0 radical (unpaired) electrons. The summed E-state index contributed by atoms with van der Waals surface area (Å²) in [6.07, 6.45) is 0. The van der Waals surface area contributed by atoms with E-state index in [9.17, 15) is 0 Å². The molecule has 70 heavy (non-hydrogen) atoms. The fourth-order valence-electron chi connectivity index (χ4n) is 12.7. The van der Waals surface area contributed by atoms with Crippen molar-refractivity contribution in [3.05, 3.63) is 218 Å². The maximum Gasteiger partial charge on any atom is 0.100 e. The molecule has 320 valence electrons. The highest BCUT2D eigenvalue weighted by molar-refractivity contribution is 6.41. The number of benzene rings is 11. The van der Waals surface area contributed by atoms with Crippen molar-refractivity contribution < 1.29 is 0 Å². The summed E-state index contributed by atoms with van der Waals surface area (Å²) >= 11 is 0. The van der Waals surface area contributed by atoms with E-state index in [2.05, 4.69) is 227 Å². The predicted octanol–water partition coefficient (Wildman–Crippen LogP) is 17.5. The van der Waals surface area contributed by atoms with Crippen molar-refractivity contribution in [2.24, 2.45) is 0 Å². The van der Waals surface area contributed by atoms with Gasteiger partial charge in [-0.2, -0.15) is 0 Å². The van der Waals surface area contributed by atoms with Gasteiger partial charge in [0.05, 0.1) is 44.1 Å². The van der Waals surface area contributed by atoms with Crippen molar-refractivity contribution in [3.8, 4) is 44.5 Å². The third kappa shape index (κ3) is 4.65. The lowest BCUT2D eigenvalue weighted by Gasteiger charge is -2.10. The molecule has 0 amide bonds. The van der Waals surface area contributed by atoms with Crippen LogP contribution in [0.1, 0.15) is 0 Å². The lowest BCUT2D eigenvalue weighted by atomic mass is 9.96. The van der Waals surface area contributed by atoms with Crippen LogP contribution >= 0.6 is 0 Å². The minimum absolute atomic E-state index is 0.932. The first-order chi connectivity index (χ1) is 34.7. The van der Waals surface area contributed by atoms with Gasteiger partial charge in [0.15, 0.2) is 0 Å². The number of nitrogens with zero attached hydrogens (tertiary/aromatic N) is 4. The molecule has 0 fully saturated rings. The first-order valence-corrected chi connectivity index (χ1v) is 24.2. The molecule has 0 unspecified atom stereocenters. The largest absolute Gasteiger partial charge is 0.306 e. The Morgan fingerprint density at radius 3 is 1.01 bits per heavy atom. The Kier molecular flexibility index (Phi) is 6.92. The maximum absolute atomic E-state index is 5.94. The number of fused-ring (bicyclic) bond motifs is 19. The van der Waals surface area contributed by atoms with Gasteiger partial charge in [-0.15, -0.1) is 0 Å². The van der Waals surface area contributed by atoms with Crippen molar-refractivity contribution in [2.45, 2.75) is 0 Å². The van der Waals surface area contributed by atoms with Crippen LogP contribution in [-0.4, -0.2) is 18.8 Å². The lowest BCUT2D eigenvalue weighted by molar-refractivity contribution is 1.33. The molecule has 5 heterocycles. The Morgan fingerprint density at radius 2 is 0.600 bits per heavy atom. The first-order valence-electron chi connectivity index (χ1n) is 24.2. The fourth-order valence-corrected chi connectivity index (χ4v) is 12.7. The molecular weight excluding hydrogens is 849 g/mol. The molecule has 4 nitrogen and oxygen atoms in total. The monoisotopic (exact) mass is 884 g/mol. The third-order valence-corrected chi connectivity index (χ3v) is 15.6. The van der Waals surface area contributed by atoms with Crippen molar-refractivity contribution >= 4 is 120 Å². The molecule has 0 spiro atoms. The highest BCUT2D eigenvalue weighted by Crippen LogP contribution is 2.52. The minimum Gasteiger partial charge on any atom is -0.306 e. The van der Waals surface area contributed by atoms with Gasteiger partial charge in [0.25, 0.3) is 0 Å². The Hall–Kier alpha value is -9.38. The maximum atomic E-state index is 5.94. The van der Waals surface area contributed by atoms with Crippen LogP contribution in [0.15, 0.2) is 218 Å². The molecule has 0 aliphatic carbocycles. The quantitative estimate of drug-likeness (QED) is 0.176. The summed E-state index contributed by atoms with van der Waals surface area (Å²) in [4.78, 5) is 11.9. The van der Waals surface area contributed by atoms with E-state index in [-0.39, 0.29) is 0 Å². The summed E-state index contributed by atoms with van der Waals surface area (Å²) in [6, 6.07) is 80.3. The Labute approximate surface area is 399 Å². The lowest BCUT2D eigenvalue weighted by Crippen LogP contribution is -1.92. The molecular formula is C66H36N4. The smallest absolute Gasteiger partial charge is 0.100 e. The number of aromatic nitrogens is 4. The first kappa shape index (κ1) is 36.7. The summed E-state index contributed by atoms with van der Waals surface area (Å²) in [7, 11) is 0. The van der Waals surface area contributed by atoms with Gasteiger partial charge in [0.2, 0.25) is 0 Å². The van der Waals surface area contributed by atoms with Gasteiger partial charge in [-0.25, -0.2) is 9.97 Å². The van der Waals surface area contributed by atoms with Crippen molar-refractivity contribution in [1.82, 2.24) is 18.8 Å². The molecule has 0 aliphatic heterocycles. The standard InChI is InChI=1S/C66H36N4/c1-5-15-37(16-6-1)42-27-29-54-48(31-42)50-33-44(39-19-9-3-10-20-39)35-52-57-61-62(68-60-47-26-14-24-41-23-13-25-46(56(41)47)59(60)67-61)58-53-36-45(40-21-11-4-12-22-40)34-51-49-32-43(38-17-7-2-8-18-38)28-30-55(49)70(64(51)53)66(58)65(57)69(54)63(50)52/h1-36H. The molecule has 0 bridgehead atoms. The zero-order chi connectivity index (χ0) is 45.3. The van der Waals surface area contributed by atoms with E-state index in [0.29, 0.717) is 0 Å². The van der Waals surface area contributed by atoms with E-state index in [0.717, 1.165) is 54.6 Å². The van der Waals surface area contributed by atoms with Crippen LogP contribution in [0, 0.1) is 0 Å². The topological polar surface area (TPSA) is 34.6 Å². The van der Waals surface area contributed by atoms with Gasteiger partial charge in [-0.1, -0.05) is 170 Å². The van der Waals surface area contributed by atoms with Gasteiger partial charge in [0.1, 0.15) is 11.0 Å². The van der Waals surface area contributed by atoms with Crippen molar-refractivity contribution in [3.63, 3.8) is 0 Å². The van der Waals surface area contributed by atoms with Crippen LogP contribution in [-0.2, 0) is 0 Å². The minimum atomic E-state index is 0.932. The van der Waals surface area contributed by atoms with Crippen LogP contribution in [0.3, 0.4) is 0 Å². The van der Waals surface area contributed by atoms with Crippen LogP contribution < -0.4 is 0 Å². The van der Waals surface area contributed by atoms with E-state index in [4.69, 9.17) is 9.97 Å². The van der Waals surface area contributed by atoms with Gasteiger partial charge < -0.3 is 8.80 Å².